The lowest BCUT2D eigenvalue weighted by atomic mass is 9.72. The molecule has 0 unspecified atom stereocenters. The molecule has 2 aromatic rings. The highest BCUT2D eigenvalue weighted by atomic mass is 16.2. The Hall–Kier alpha value is -3.16. The van der Waals surface area contributed by atoms with Gasteiger partial charge in [0.05, 0.1) is 12.4 Å². The van der Waals surface area contributed by atoms with E-state index >= 15 is 0 Å². The number of rotatable bonds is 4. The van der Waals surface area contributed by atoms with Gasteiger partial charge in [0.1, 0.15) is 11.4 Å². The lowest BCUT2D eigenvalue weighted by Gasteiger charge is -2.56. The molecule has 1 aromatic heterocycles. The Balaban J connectivity index is 1.42. The number of imidazole rings is 1. The van der Waals surface area contributed by atoms with Crippen molar-refractivity contribution in [1.82, 2.24) is 25.1 Å². The standard InChI is InChI=1S/C24H29N5O3/c1-15(30)25-11-20-18-10-17(19-8-5-9-21(31)29(19)20)12-28(13-18)24(32)23-22(26-14-27-23)16-6-3-2-4-7-16/h2-4,6-7,14,17-20H,5,8-13H2,1H3,(H,25,30)(H,26,27)/t17-,18+,19+,20+/m1/s1. The van der Waals surface area contributed by atoms with Gasteiger partial charge in [-0.25, -0.2) is 4.98 Å². The smallest absolute Gasteiger partial charge is 0.272 e. The number of likely N-dealkylation sites (tertiary alicyclic amines) is 1. The highest BCUT2D eigenvalue weighted by Gasteiger charge is 2.50. The summed E-state index contributed by atoms with van der Waals surface area (Å²) >= 11 is 0. The van der Waals surface area contributed by atoms with E-state index in [1.807, 2.05) is 40.1 Å². The third kappa shape index (κ3) is 3.67. The number of carbonyl (C=O) groups excluding carboxylic acids is 3. The molecule has 0 aliphatic carbocycles. The van der Waals surface area contributed by atoms with E-state index in [1.54, 1.807) is 6.33 Å². The molecule has 1 aromatic carbocycles. The van der Waals surface area contributed by atoms with Crippen molar-refractivity contribution < 1.29 is 14.4 Å². The molecule has 0 spiro atoms. The van der Waals surface area contributed by atoms with Gasteiger partial charge in [-0.1, -0.05) is 30.3 Å². The SMILES string of the molecule is CC(=O)NC[C@H]1[C@H]2C[C@H](CN(C(=O)c3[nH]cnc3-c3ccccc3)C2)[C@@H]2CCCC(=O)N21. The first-order valence-corrected chi connectivity index (χ1v) is 11.5. The summed E-state index contributed by atoms with van der Waals surface area (Å²) in [6.45, 7) is 3.16. The maximum absolute atomic E-state index is 13.6. The van der Waals surface area contributed by atoms with Gasteiger partial charge in [-0.2, -0.15) is 0 Å². The van der Waals surface area contributed by atoms with Crippen molar-refractivity contribution in [3.8, 4) is 11.3 Å². The number of piperidine rings is 3. The molecule has 4 atom stereocenters. The second-order valence-corrected chi connectivity index (χ2v) is 9.22. The molecular formula is C24H29N5O3. The van der Waals surface area contributed by atoms with Crippen LogP contribution in [0.25, 0.3) is 11.3 Å². The van der Waals surface area contributed by atoms with Crippen LogP contribution in [0.3, 0.4) is 0 Å². The van der Waals surface area contributed by atoms with Crippen molar-refractivity contribution in [2.45, 2.75) is 44.7 Å². The van der Waals surface area contributed by atoms with Crippen molar-refractivity contribution in [2.75, 3.05) is 19.6 Å². The molecule has 3 aliphatic rings. The Morgan fingerprint density at radius 3 is 2.75 bits per heavy atom. The van der Waals surface area contributed by atoms with E-state index in [0.717, 1.165) is 24.8 Å². The van der Waals surface area contributed by atoms with Gasteiger partial charge in [-0.05, 0) is 31.1 Å². The zero-order valence-electron chi connectivity index (χ0n) is 18.3. The quantitative estimate of drug-likeness (QED) is 0.768. The number of fused-ring (bicyclic) bond motifs is 4. The Bertz CT molecular complexity index is 1020. The van der Waals surface area contributed by atoms with E-state index in [0.29, 0.717) is 37.4 Å². The van der Waals surface area contributed by atoms with Crippen LogP contribution in [-0.2, 0) is 9.59 Å². The molecule has 0 radical (unpaired) electrons. The average molecular weight is 436 g/mol. The number of H-pyrrole nitrogens is 1. The monoisotopic (exact) mass is 435 g/mol. The molecule has 3 aliphatic heterocycles. The normalized spacial score (nSPS) is 27.1. The van der Waals surface area contributed by atoms with Gasteiger partial charge in [0, 0.05) is 44.6 Å². The minimum Gasteiger partial charge on any atom is -0.354 e. The number of hydrogen-bond donors (Lipinski definition) is 2. The number of aromatic nitrogens is 2. The first-order chi connectivity index (χ1) is 15.5. The molecule has 8 heteroatoms. The molecule has 5 rings (SSSR count). The molecule has 8 nitrogen and oxygen atoms in total. The minimum absolute atomic E-state index is 0.0510. The summed E-state index contributed by atoms with van der Waals surface area (Å²) in [6.07, 6.45) is 4.98. The van der Waals surface area contributed by atoms with Crippen LogP contribution in [0.2, 0.25) is 0 Å². The largest absolute Gasteiger partial charge is 0.354 e. The molecule has 32 heavy (non-hydrogen) atoms. The van der Waals surface area contributed by atoms with Gasteiger partial charge in [-0.15, -0.1) is 0 Å². The minimum atomic E-state index is -0.0955. The number of aromatic amines is 1. The van der Waals surface area contributed by atoms with E-state index in [9.17, 15) is 14.4 Å². The maximum Gasteiger partial charge on any atom is 0.272 e. The van der Waals surface area contributed by atoms with E-state index in [-0.39, 0.29) is 41.6 Å². The molecule has 0 saturated carbocycles. The van der Waals surface area contributed by atoms with Crippen LogP contribution in [0.15, 0.2) is 36.7 Å². The number of benzene rings is 1. The molecule has 4 heterocycles. The summed E-state index contributed by atoms with van der Waals surface area (Å²) in [5, 5.41) is 2.92. The predicted octanol–water partition coefficient (Wildman–Crippen LogP) is 2.05. The molecule has 3 saturated heterocycles. The van der Waals surface area contributed by atoms with Crippen LogP contribution in [0, 0.1) is 11.8 Å². The first-order valence-electron chi connectivity index (χ1n) is 11.5. The van der Waals surface area contributed by atoms with Gasteiger partial charge in [0.25, 0.3) is 5.91 Å². The van der Waals surface area contributed by atoms with Gasteiger partial charge in [0.15, 0.2) is 0 Å². The fourth-order valence-corrected chi connectivity index (χ4v) is 5.88. The van der Waals surface area contributed by atoms with Crippen molar-refractivity contribution in [2.24, 2.45) is 11.8 Å². The van der Waals surface area contributed by atoms with Crippen LogP contribution < -0.4 is 5.32 Å². The van der Waals surface area contributed by atoms with Crippen LogP contribution in [0.1, 0.15) is 43.1 Å². The Kier molecular flexibility index (Phi) is 5.45. The Labute approximate surface area is 187 Å². The topological polar surface area (TPSA) is 98.4 Å². The van der Waals surface area contributed by atoms with E-state index in [4.69, 9.17) is 0 Å². The molecular weight excluding hydrogens is 406 g/mol. The molecule has 2 N–H and O–H groups in total. The molecule has 168 valence electrons. The fourth-order valence-electron chi connectivity index (χ4n) is 5.88. The maximum atomic E-state index is 13.6. The molecule has 2 bridgehead atoms. The third-order valence-corrected chi connectivity index (χ3v) is 7.24. The first kappa shape index (κ1) is 20.7. The van der Waals surface area contributed by atoms with E-state index in [1.165, 1.54) is 6.92 Å². The third-order valence-electron chi connectivity index (χ3n) is 7.24. The van der Waals surface area contributed by atoms with Crippen LogP contribution in [0.4, 0.5) is 0 Å². The fraction of sp³-hybridized carbons (Fsp3) is 0.500. The van der Waals surface area contributed by atoms with Crippen LogP contribution >= 0.6 is 0 Å². The van der Waals surface area contributed by atoms with Crippen molar-refractivity contribution >= 4 is 17.7 Å². The average Bonchev–Trinajstić information content (AvgIpc) is 3.29. The number of nitrogens with one attached hydrogen (secondary N) is 2. The van der Waals surface area contributed by atoms with Crippen LogP contribution in [0.5, 0.6) is 0 Å². The summed E-state index contributed by atoms with van der Waals surface area (Å²) < 4.78 is 0. The van der Waals surface area contributed by atoms with E-state index < -0.39 is 0 Å². The van der Waals surface area contributed by atoms with Gasteiger partial charge in [-0.3, -0.25) is 14.4 Å². The molecule has 3 fully saturated rings. The molecule has 3 amide bonds. The highest BCUT2D eigenvalue weighted by molar-refractivity contribution is 5.98. The number of nitrogens with zero attached hydrogens (tertiary/aromatic N) is 3. The summed E-state index contributed by atoms with van der Waals surface area (Å²) in [5.41, 5.74) is 2.07. The van der Waals surface area contributed by atoms with Crippen LogP contribution in [-0.4, -0.2) is 69.2 Å². The second kappa shape index (κ2) is 8.41. The van der Waals surface area contributed by atoms with Crippen molar-refractivity contribution in [3.63, 3.8) is 0 Å². The number of hydrogen-bond acceptors (Lipinski definition) is 4. The zero-order chi connectivity index (χ0) is 22.2. The van der Waals surface area contributed by atoms with Gasteiger partial charge >= 0.3 is 0 Å². The summed E-state index contributed by atoms with van der Waals surface area (Å²) in [7, 11) is 0. The number of amides is 3. The van der Waals surface area contributed by atoms with E-state index in [2.05, 4.69) is 15.3 Å². The summed E-state index contributed by atoms with van der Waals surface area (Å²) in [5.74, 6) is 0.447. The highest BCUT2D eigenvalue weighted by Crippen LogP contribution is 2.42. The van der Waals surface area contributed by atoms with Gasteiger partial charge < -0.3 is 20.1 Å². The Morgan fingerprint density at radius 2 is 1.97 bits per heavy atom. The lowest BCUT2D eigenvalue weighted by Crippen LogP contribution is -2.67. The van der Waals surface area contributed by atoms with Gasteiger partial charge in [0.2, 0.25) is 11.8 Å². The summed E-state index contributed by atoms with van der Waals surface area (Å²) in [4.78, 5) is 49.5. The number of carbonyl (C=O) groups is 3. The van der Waals surface area contributed by atoms with Crippen molar-refractivity contribution in [3.05, 3.63) is 42.4 Å². The lowest BCUT2D eigenvalue weighted by molar-refractivity contribution is -0.151. The Morgan fingerprint density at radius 1 is 1.19 bits per heavy atom. The summed E-state index contributed by atoms with van der Waals surface area (Å²) in [6, 6.07) is 9.78. The second-order valence-electron chi connectivity index (χ2n) is 9.22. The predicted molar refractivity (Wildman–Crippen MR) is 118 cm³/mol. The zero-order valence-corrected chi connectivity index (χ0v) is 18.3. The van der Waals surface area contributed by atoms with Crippen molar-refractivity contribution in [1.29, 1.82) is 0 Å².